The van der Waals surface area contributed by atoms with Gasteiger partial charge in [-0.1, -0.05) is 0 Å². The smallest absolute Gasteiger partial charge is 0.237 e. The first-order valence-electron chi connectivity index (χ1n) is 5.46. The molecule has 0 aliphatic carbocycles. The van der Waals surface area contributed by atoms with E-state index in [-0.39, 0.29) is 18.0 Å². The fraction of sp³-hybridized carbons (Fsp3) is 0.545. The zero-order chi connectivity index (χ0) is 11.5. The fourth-order valence-corrected chi connectivity index (χ4v) is 1.77. The minimum absolute atomic E-state index is 0.0169. The minimum atomic E-state index is -0.116. The monoisotopic (exact) mass is 223 g/mol. The standard InChI is InChI=1S/C11H17N3O2/c1-8(14-6-9(12)7-14)11(15)13-5-10-3-2-4-16-10/h2-4,8-9H,5-7,12H2,1H3,(H,13,15). The molecule has 2 rings (SSSR count). The number of nitrogens with two attached hydrogens (primary N) is 1. The number of carbonyl (C=O) groups excluding carboxylic acids is 1. The largest absolute Gasteiger partial charge is 0.467 e. The zero-order valence-corrected chi connectivity index (χ0v) is 9.35. The predicted octanol–water partition coefficient (Wildman–Crippen LogP) is -0.0728. The van der Waals surface area contributed by atoms with Gasteiger partial charge in [-0.15, -0.1) is 0 Å². The molecule has 1 aliphatic heterocycles. The van der Waals surface area contributed by atoms with Crippen LogP contribution in [0, 0.1) is 0 Å². The van der Waals surface area contributed by atoms with Crippen molar-refractivity contribution in [1.29, 1.82) is 0 Å². The van der Waals surface area contributed by atoms with Crippen LogP contribution in [0.4, 0.5) is 0 Å². The Morgan fingerprint density at radius 1 is 1.75 bits per heavy atom. The average molecular weight is 223 g/mol. The second-order valence-electron chi connectivity index (χ2n) is 4.19. The van der Waals surface area contributed by atoms with Gasteiger partial charge in [-0.3, -0.25) is 9.69 Å². The molecule has 0 bridgehead atoms. The van der Waals surface area contributed by atoms with Crippen LogP contribution < -0.4 is 11.1 Å². The van der Waals surface area contributed by atoms with Gasteiger partial charge in [0.05, 0.1) is 18.8 Å². The maximum atomic E-state index is 11.7. The number of rotatable bonds is 4. The van der Waals surface area contributed by atoms with Gasteiger partial charge in [-0.05, 0) is 19.1 Å². The van der Waals surface area contributed by atoms with E-state index in [1.54, 1.807) is 12.3 Å². The molecule has 5 nitrogen and oxygen atoms in total. The van der Waals surface area contributed by atoms with Gasteiger partial charge >= 0.3 is 0 Å². The first kappa shape index (κ1) is 11.2. The summed E-state index contributed by atoms with van der Waals surface area (Å²) < 4.78 is 5.13. The molecule has 1 aliphatic rings. The van der Waals surface area contributed by atoms with Crippen LogP contribution in [-0.4, -0.2) is 36.0 Å². The molecule has 88 valence electrons. The Labute approximate surface area is 94.6 Å². The zero-order valence-electron chi connectivity index (χ0n) is 9.35. The third-order valence-corrected chi connectivity index (χ3v) is 2.88. The van der Waals surface area contributed by atoms with Gasteiger partial charge in [-0.25, -0.2) is 0 Å². The molecule has 2 heterocycles. The number of nitrogens with zero attached hydrogens (tertiary/aromatic N) is 1. The highest BCUT2D eigenvalue weighted by molar-refractivity contribution is 5.81. The summed E-state index contributed by atoms with van der Waals surface area (Å²) in [6.07, 6.45) is 1.60. The van der Waals surface area contributed by atoms with E-state index in [1.807, 2.05) is 13.0 Å². The van der Waals surface area contributed by atoms with Crippen LogP contribution in [0.2, 0.25) is 0 Å². The van der Waals surface area contributed by atoms with Crippen molar-refractivity contribution in [1.82, 2.24) is 10.2 Å². The first-order valence-corrected chi connectivity index (χ1v) is 5.46. The third-order valence-electron chi connectivity index (χ3n) is 2.88. The summed E-state index contributed by atoms with van der Waals surface area (Å²) in [5.41, 5.74) is 5.67. The first-order chi connectivity index (χ1) is 7.66. The summed E-state index contributed by atoms with van der Waals surface area (Å²) in [6.45, 7) is 3.93. The lowest BCUT2D eigenvalue weighted by Gasteiger charge is -2.40. The predicted molar refractivity (Wildman–Crippen MR) is 59.6 cm³/mol. The summed E-state index contributed by atoms with van der Waals surface area (Å²) >= 11 is 0. The molecule has 0 saturated carbocycles. The lowest BCUT2D eigenvalue weighted by molar-refractivity contribution is -0.127. The number of likely N-dealkylation sites (tertiary alicyclic amines) is 1. The van der Waals surface area contributed by atoms with Crippen molar-refractivity contribution >= 4 is 5.91 Å². The minimum Gasteiger partial charge on any atom is -0.467 e. The Balaban J connectivity index is 1.75. The molecule has 3 N–H and O–H groups in total. The van der Waals surface area contributed by atoms with Crippen molar-refractivity contribution in [2.45, 2.75) is 25.6 Å². The third kappa shape index (κ3) is 2.43. The lowest BCUT2D eigenvalue weighted by Crippen LogP contribution is -2.61. The van der Waals surface area contributed by atoms with Gasteiger partial charge in [0.15, 0.2) is 0 Å². The van der Waals surface area contributed by atoms with Gasteiger partial charge in [0.25, 0.3) is 0 Å². The van der Waals surface area contributed by atoms with Crippen LogP contribution in [0.5, 0.6) is 0 Å². The topological polar surface area (TPSA) is 71.5 Å². The van der Waals surface area contributed by atoms with Crippen LogP contribution in [0.15, 0.2) is 22.8 Å². The number of amides is 1. The number of nitrogens with one attached hydrogen (secondary N) is 1. The summed E-state index contributed by atoms with van der Waals surface area (Å²) in [5, 5.41) is 2.83. The fourth-order valence-electron chi connectivity index (χ4n) is 1.77. The molecule has 1 saturated heterocycles. The van der Waals surface area contributed by atoms with Crippen molar-refractivity contribution in [2.75, 3.05) is 13.1 Å². The van der Waals surface area contributed by atoms with Crippen molar-refractivity contribution in [3.8, 4) is 0 Å². The summed E-state index contributed by atoms with van der Waals surface area (Å²) in [7, 11) is 0. The SMILES string of the molecule is CC(C(=O)NCc1ccco1)N1CC(N)C1. The highest BCUT2D eigenvalue weighted by Gasteiger charge is 2.30. The quantitative estimate of drug-likeness (QED) is 0.749. The van der Waals surface area contributed by atoms with E-state index in [0.29, 0.717) is 6.54 Å². The van der Waals surface area contributed by atoms with Gasteiger partial charge in [0.1, 0.15) is 5.76 Å². The van der Waals surface area contributed by atoms with Crippen LogP contribution in [0.1, 0.15) is 12.7 Å². The number of carbonyl (C=O) groups is 1. The Morgan fingerprint density at radius 2 is 2.50 bits per heavy atom. The van der Waals surface area contributed by atoms with Gasteiger partial charge in [-0.2, -0.15) is 0 Å². The average Bonchev–Trinajstić information content (AvgIpc) is 2.73. The van der Waals surface area contributed by atoms with Crippen molar-refractivity contribution in [2.24, 2.45) is 5.73 Å². The summed E-state index contributed by atoms with van der Waals surface area (Å²) in [4.78, 5) is 13.8. The molecular formula is C11H17N3O2. The highest BCUT2D eigenvalue weighted by atomic mass is 16.3. The molecule has 0 aromatic carbocycles. The summed E-state index contributed by atoms with van der Waals surface area (Å²) in [6, 6.07) is 3.75. The molecule has 16 heavy (non-hydrogen) atoms. The maximum absolute atomic E-state index is 11.7. The van der Waals surface area contributed by atoms with Gasteiger partial charge in [0.2, 0.25) is 5.91 Å². The van der Waals surface area contributed by atoms with E-state index >= 15 is 0 Å². The molecule has 1 amide bonds. The number of hydrogen-bond acceptors (Lipinski definition) is 4. The Morgan fingerprint density at radius 3 is 3.06 bits per heavy atom. The van der Waals surface area contributed by atoms with Crippen LogP contribution in [0.25, 0.3) is 0 Å². The molecule has 0 spiro atoms. The van der Waals surface area contributed by atoms with E-state index in [4.69, 9.17) is 10.2 Å². The van der Waals surface area contributed by atoms with E-state index in [0.717, 1.165) is 18.8 Å². The van der Waals surface area contributed by atoms with E-state index in [2.05, 4.69) is 10.2 Å². The number of furan rings is 1. The molecule has 1 fully saturated rings. The Bertz CT molecular complexity index is 344. The number of hydrogen-bond donors (Lipinski definition) is 2. The van der Waals surface area contributed by atoms with E-state index in [9.17, 15) is 4.79 Å². The molecule has 1 atom stereocenters. The normalized spacial score (nSPS) is 19.1. The van der Waals surface area contributed by atoms with E-state index in [1.165, 1.54) is 0 Å². The van der Waals surface area contributed by atoms with Crippen molar-refractivity contribution in [3.05, 3.63) is 24.2 Å². The molecule has 0 radical (unpaired) electrons. The van der Waals surface area contributed by atoms with Crippen LogP contribution >= 0.6 is 0 Å². The van der Waals surface area contributed by atoms with E-state index < -0.39 is 0 Å². The van der Waals surface area contributed by atoms with Gasteiger partial charge in [0, 0.05) is 19.1 Å². The molecule has 1 aromatic rings. The lowest BCUT2D eigenvalue weighted by atomic mass is 10.1. The molecule has 1 unspecified atom stereocenters. The second kappa shape index (κ2) is 4.67. The summed E-state index contributed by atoms with van der Waals surface area (Å²) in [5.74, 6) is 0.782. The second-order valence-corrected chi connectivity index (χ2v) is 4.19. The molecule has 5 heteroatoms. The Hall–Kier alpha value is -1.33. The maximum Gasteiger partial charge on any atom is 0.237 e. The Kier molecular flexibility index (Phi) is 3.26. The highest BCUT2D eigenvalue weighted by Crippen LogP contribution is 2.10. The molecular weight excluding hydrogens is 206 g/mol. The van der Waals surface area contributed by atoms with Crippen LogP contribution in [-0.2, 0) is 11.3 Å². The van der Waals surface area contributed by atoms with Crippen molar-refractivity contribution < 1.29 is 9.21 Å². The van der Waals surface area contributed by atoms with Gasteiger partial charge < -0.3 is 15.5 Å². The van der Waals surface area contributed by atoms with Crippen molar-refractivity contribution in [3.63, 3.8) is 0 Å². The molecule has 1 aromatic heterocycles. The van der Waals surface area contributed by atoms with Crippen LogP contribution in [0.3, 0.4) is 0 Å².